The van der Waals surface area contributed by atoms with Crippen molar-refractivity contribution in [3.63, 3.8) is 0 Å². The minimum atomic E-state index is -1.10. The molecule has 6 rings (SSSR count). The number of likely N-dealkylation sites (tertiary alicyclic amines) is 1. The van der Waals surface area contributed by atoms with Crippen LogP contribution in [0.4, 0.5) is 0 Å². The van der Waals surface area contributed by atoms with Crippen LogP contribution >= 0.6 is 0 Å². The Kier molecular flexibility index (Phi) is 12.2. The van der Waals surface area contributed by atoms with Gasteiger partial charge >= 0.3 is 0 Å². The standard InChI is InChI=1S/C42H45N5O6/c1-43-33(24-28-12-6-3-7-13-28)40(49)46-35(26-30-16-10-5-11-17-30)42(51)47-23-21-37-38(47)41(50)45-34(25-29-14-8-4-9-15-29)39(48)44-22-20-31-27-32(53-37)18-19-36(31)52-2/h3-20,22,27,33-35,37-38,43H,21,23-26H2,1-2H3,(H,44,48)(H,45,50)(H,46,49). The second-order valence-electron chi connectivity index (χ2n) is 13.2. The predicted molar refractivity (Wildman–Crippen MR) is 202 cm³/mol. The first-order valence-electron chi connectivity index (χ1n) is 17.8. The molecule has 0 aromatic heterocycles. The van der Waals surface area contributed by atoms with E-state index in [4.69, 9.17) is 9.47 Å². The van der Waals surface area contributed by atoms with Crippen LogP contribution in [-0.4, -0.2) is 79.5 Å². The van der Waals surface area contributed by atoms with Crippen LogP contribution in [0.5, 0.6) is 11.5 Å². The molecule has 0 aliphatic carbocycles. The topological polar surface area (TPSA) is 138 Å². The summed E-state index contributed by atoms with van der Waals surface area (Å²) in [6.45, 7) is 0.195. The van der Waals surface area contributed by atoms with Gasteiger partial charge in [-0.25, -0.2) is 0 Å². The SMILES string of the molecule is CNC(Cc1ccccc1)C(=O)NC(Cc1ccccc1)C(=O)N1CCC2Oc3ccc(OC)c(c3)C=CNC(=O)C(Cc3ccccc3)NC(=O)C21. The fourth-order valence-corrected chi connectivity index (χ4v) is 6.86. The van der Waals surface area contributed by atoms with Gasteiger partial charge in [-0.3, -0.25) is 19.2 Å². The lowest BCUT2D eigenvalue weighted by atomic mass is 10.0. The number of hydrogen-bond donors (Lipinski definition) is 4. The number of nitrogens with one attached hydrogen (secondary N) is 4. The second-order valence-corrected chi connectivity index (χ2v) is 13.2. The fraction of sp³-hybridized carbons (Fsp3) is 0.286. The van der Waals surface area contributed by atoms with E-state index in [0.29, 0.717) is 29.9 Å². The minimum absolute atomic E-state index is 0.195. The largest absolute Gasteiger partial charge is 0.496 e. The number of fused-ring (bicyclic) bond motifs is 3. The summed E-state index contributed by atoms with van der Waals surface area (Å²) >= 11 is 0. The highest BCUT2D eigenvalue weighted by Crippen LogP contribution is 2.30. The van der Waals surface area contributed by atoms with Gasteiger partial charge in [0.15, 0.2) is 0 Å². The molecule has 5 unspecified atom stereocenters. The van der Waals surface area contributed by atoms with Gasteiger partial charge in [-0.05, 0) is 54.4 Å². The highest BCUT2D eigenvalue weighted by molar-refractivity contribution is 5.96. The summed E-state index contributed by atoms with van der Waals surface area (Å²) in [7, 11) is 3.27. The molecule has 0 radical (unpaired) electrons. The van der Waals surface area contributed by atoms with Crippen molar-refractivity contribution in [2.24, 2.45) is 0 Å². The molecule has 1 fully saturated rings. The van der Waals surface area contributed by atoms with Crippen LogP contribution in [0.25, 0.3) is 6.08 Å². The van der Waals surface area contributed by atoms with E-state index < -0.39 is 48.0 Å². The Labute approximate surface area is 309 Å². The van der Waals surface area contributed by atoms with Crippen molar-refractivity contribution in [1.82, 2.24) is 26.2 Å². The summed E-state index contributed by atoms with van der Waals surface area (Å²) in [5.74, 6) is -0.675. The summed E-state index contributed by atoms with van der Waals surface area (Å²) in [5.41, 5.74) is 3.33. The van der Waals surface area contributed by atoms with Gasteiger partial charge in [-0.2, -0.15) is 0 Å². The number of benzene rings is 4. The van der Waals surface area contributed by atoms with E-state index in [-0.39, 0.29) is 25.3 Å². The average molecular weight is 716 g/mol. The van der Waals surface area contributed by atoms with E-state index in [1.54, 1.807) is 38.4 Å². The molecular weight excluding hydrogens is 670 g/mol. The van der Waals surface area contributed by atoms with Crippen LogP contribution in [0.15, 0.2) is 115 Å². The third kappa shape index (κ3) is 9.30. The Bertz CT molecular complexity index is 1910. The summed E-state index contributed by atoms with van der Waals surface area (Å²) in [6.07, 6.45) is 3.65. The molecule has 4 aromatic carbocycles. The summed E-state index contributed by atoms with van der Waals surface area (Å²) in [6, 6.07) is 30.1. The smallest absolute Gasteiger partial charge is 0.247 e. The van der Waals surface area contributed by atoms with Gasteiger partial charge in [0.05, 0.1) is 13.2 Å². The van der Waals surface area contributed by atoms with Crippen LogP contribution in [0.3, 0.4) is 0 Å². The molecule has 5 atom stereocenters. The Morgan fingerprint density at radius 2 is 1.47 bits per heavy atom. The Hall–Kier alpha value is -5.94. The van der Waals surface area contributed by atoms with E-state index in [2.05, 4.69) is 21.3 Å². The first-order chi connectivity index (χ1) is 25.8. The van der Waals surface area contributed by atoms with E-state index in [0.717, 1.165) is 16.7 Å². The van der Waals surface area contributed by atoms with E-state index in [9.17, 15) is 19.2 Å². The number of amides is 4. The molecule has 274 valence electrons. The zero-order chi connectivity index (χ0) is 37.2. The number of likely N-dealkylation sites (N-methyl/N-ethyl adjacent to an activating group) is 1. The van der Waals surface area contributed by atoms with Crippen LogP contribution in [0.1, 0.15) is 28.7 Å². The summed E-state index contributed by atoms with van der Waals surface area (Å²) < 4.78 is 12.0. The van der Waals surface area contributed by atoms with Gasteiger partial charge in [0.1, 0.15) is 35.7 Å². The van der Waals surface area contributed by atoms with Crippen molar-refractivity contribution in [3.05, 3.63) is 138 Å². The molecule has 2 heterocycles. The lowest BCUT2D eigenvalue weighted by Gasteiger charge is -2.32. The van der Waals surface area contributed by atoms with Gasteiger partial charge in [-0.15, -0.1) is 0 Å². The number of rotatable bonds is 11. The van der Waals surface area contributed by atoms with Crippen LogP contribution in [0, 0.1) is 0 Å². The van der Waals surface area contributed by atoms with Crippen LogP contribution < -0.4 is 30.7 Å². The molecule has 11 nitrogen and oxygen atoms in total. The predicted octanol–water partition coefficient (Wildman–Crippen LogP) is 3.43. The van der Waals surface area contributed by atoms with Crippen molar-refractivity contribution in [1.29, 1.82) is 0 Å². The van der Waals surface area contributed by atoms with Crippen molar-refractivity contribution < 1.29 is 28.7 Å². The van der Waals surface area contributed by atoms with E-state index >= 15 is 0 Å². The average Bonchev–Trinajstić information content (AvgIpc) is 3.60. The molecule has 2 aliphatic rings. The molecule has 1 saturated heterocycles. The quantitative estimate of drug-likeness (QED) is 0.187. The number of carbonyl (C=O) groups is 4. The number of ether oxygens (including phenoxy) is 2. The lowest BCUT2D eigenvalue weighted by molar-refractivity contribution is -0.143. The van der Waals surface area contributed by atoms with Crippen molar-refractivity contribution in [3.8, 4) is 11.5 Å². The monoisotopic (exact) mass is 715 g/mol. The first kappa shape index (κ1) is 36.8. The normalized spacial score (nSPS) is 19.5. The highest BCUT2D eigenvalue weighted by Gasteiger charge is 2.46. The second kappa shape index (κ2) is 17.5. The van der Waals surface area contributed by atoms with Crippen molar-refractivity contribution in [2.75, 3.05) is 20.7 Å². The maximum atomic E-state index is 14.7. The third-order valence-electron chi connectivity index (χ3n) is 9.63. The van der Waals surface area contributed by atoms with Crippen LogP contribution in [-0.2, 0) is 38.4 Å². The maximum Gasteiger partial charge on any atom is 0.247 e. The molecule has 0 spiro atoms. The molecule has 11 heteroatoms. The third-order valence-corrected chi connectivity index (χ3v) is 9.63. The number of carbonyl (C=O) groups excluding carboxylic acids is 4. The molecular formula is C42H45N5O6. The number of nitrogens with zero attached hydrogens (tertiary/aromatic N) is 1. The Morgan fingerprint density at radius 3 is 2.09 bits per heavy atom. The summed E-state index contributed by atoms with van der Waals surface area (Å²) in [5, 5.41) is 11.9. The molecule has 53 heavy (non-hydrogen) atoms. The zero-order valence-electron chi connectivity index (χ0n) is 29.9. The summed E-state index contributed by atoms with van der Waals surface area (Å²) in [4.78, 5) is 58.1. The molecule has 2 bridgehead atoms. The zero-order valence-corrected chi connectivity index (χ0v) is 29.9. The molecule has 4 aromatic rings. The number of methoxy groups -OCH3 is 1. The van der Waals surface area contributed by atoms with Gasteiger partial charge in [0.2, 0.25) is 23.6 Å². The van der Waals surface area contributed by atoms with E-state index in [1.165, 1.54) is 11.1 Å². The molecule has 4 amide bonds. The lowest BCUT2D eigenvalue weighted by Crippen LogP contribution is -2.60. The Morgan fingerprint density at radius 1 is 0.849 bits per heavy atom. The van der Waals surface area contributed by atoms with Gasteiger partial charge in [0, 0.05) is 37.6 Å². The maximum absolute atomic E-state index is 14.7. The molecule has 4 N–H and O–H groups in total. The highest BCUT2D eigenvalue weighted by atomic mass is 16.5. The van der Waals surface area contributed by atoms with Gasteiger partial charge < -0.3 is 35.6 Å². The molecule has 2 aliphatic heterocycles. The van der Waals surface area contributed by atoms with Crippen molar-refractivity contribution >= 4 is 29.7 Å². The first-order valence-corrected chi connectivity index (χ1v) is 17.8. The van der Waals surface area contributed by atoms with Crippen molar-refractivity contribution in [2.45, 2.75) is 56.0 Å². The number of hydrogen-bond acceptors (Lipinski definition) is 7. The van der Waals surface area contributed by atoms with E-state index in [1.807, 2.05) is 91.0 Å². The van der Waals surface area contributed by atoms with Crippen LogP contribution in [0.2, 0.25) is 0 Å². The minimum Gasteiger partial charge on any atom is -0.496 e. The van der Waals surface area contributed by atoms with Gasteiger partial charge in [0.25, 0.3) is 0 Å². The molecule has 0 saturated carbocycles. The Balaban J connectivity index is 1.32. The van der Waals surface area contributed by atoms with Gasteiger partial charge in [-0.1, -0.05) is 91.0 Å². The fourth-order valence-electron chi connectivity index (χ4n) is 6.86.